The molecule has 1 amide bonds. The molecule has 1 rings (SSSR count). The number of anilines is 1. The maximum Gasteiger partial charge on any atom is 0.321 e. The summed E-state index contributed by atoms with van der Waals surface area (Å²) in [5.74, 6) is -0.869. The number of phenolic OH excluding ortho intramolecular Hbond substituents is 1. The molecule has 2 atom stereocenters. The predicted molar refractivity (Wildman–Crippen MR) is 94.1 cm³/mol. The Labute approximate surface area is 143 Å². The van der Waals surface area contributed by atoms with E-state index in [1.165, 1.54) is 12.1 Å². The van der Waals surface area contributed by atoms with Crippen LogP contribution in [-0.4, -0.2) is 34.7 Å². The van der Waals surface area contributed by atoms with Gasteiger partial charge in [-0.25, -0.2) is 0 Å². The van der Waals surface area contributed by atoms with E-state index in [1.807, 2.05) is 0 Å². The largest absolute Gasteiger partial charge is 0.508 e. The normalized spacial score (nSPS) is 13.2. The molecule has 1 aromatic rings. The van der Waals surface area contributed by atoms with Gasteiger partial charge in [-0.2, -0.15) is 0 Å². The fraction of sp³-hybridized carbons (Fsp3) is 0.556. The summed E-state index contributed by atoms with van der Waals surface area (Å²) < 4.78 is 0. The first-order valence-electron chi connectivity index (χ1n) is 8.51. The molecule has 6 nitrogen and oxygen atoms in total. The molecular weight excluding hydrogens is 308 g/mol. The first-order chi connectivity index (χ1) is 11.5. The molecule has 0 aliphatic heterocycles. The predicted octanol–water partition coefficient (Wildman–Crippen LogP) is 2.98. The molecule has 134 valence electrons. The molecule has 0 aliphatic carbocycles. The number of hydrogen-bond donors (Lipinski definition) is 4. The van der Waals surface area contributed by atoms with E-state index >= 15 is 0 Å². The second-order valence-electron chi connectivity index (χ2n) is 6.01. The van der Waals surface area contributed by atoms with E-state index < -0.39 is 12.0 Å². The number of nitrogens with one attached hydrogen (secondary N) is 2. The SMILES string of the molecule is CCCCC(CC)CNC(CC(=O)Nc1ccc(O)cc1)C(=O)O. The topological polar surface area (TPSA) is 98.7 Å². The lowest BCUT2D eigenvalue weighted by molar-refractivity contribution is -0.141. The number of unbranched alkanes of at least 4 members (excludes halogenated alkanes) is 1. The van der Waals surface area contributed by atoms with Gasteiger partial charge in [0.2, 0.25) is 5.91 Å². The Morgan fingerprint density at radius 1 is 1.17 bits per heavy atom. The van der Waals surface area contributed by atoms with Gasteiger partial charge in [0.15, 0.2) is 0 Å². The first kappa shape index (κ1) is 20.0. The van der Waals surface area contributed by atoms with Crippen LogP contribution in [0.3, 0.4) is 0 Å². The molecule has 0 aromatic heterocycles. The van der Waals surface area contributed by atoms with Crippen molar-refractivity contribution >= 4 is 17.6 Å². The third-order valence-electron chi connectivity index (χ3n) is 4.03. The van der Waals surface area contributed by atoms with Gasteiger partial charge in [-0.1, -0.05) is 33.1 Å². The van der Waals surface area contributed by atoms with Gasteiger partial charge in [-0.3, -0.25) is 9.59 Å². The summed E-state index contributed by atoms with van der Waals surface area (Å²) in [5.41, 5.74) is 0.524. The van der Waals surface area contributed by atoms with Crippen molar-refractivity contribution in [1.82, 2.24) is 5.32 Å². The van der Waals surface area contributed by atoms with Crippen molar-refractivity contribution < 1.29 is 19.8 Å². The van der Waals surface area contributed by atoms with Crippen molar-refractivity contribution in [2.45, 2.75) is 52.0 Å². The number of carboxylic acid groups (broad SMARTS) is 1. The average Bonchev–Trinajstić information content (AvgIpc) is 2.55. The van der Waals surface area contributed by atoms with Crippen molar-refractivity contribution in [3.8, 4) is 5.75 Å². The minimum Gasteiger partial charge on any atom is -0.508 e. The Hall–Kier alpha value is -2.08. The maximum absolute atomic E-state index is 12.0. The number of rotatable bonds is 11. The second-order valence-corrected chi connectivity index (χ2v) is 6.01. The fourth-order valence-corrected chi connectivity index (χ4v) is 2.44. The molecule has 0 spiro atoms. The fourth-order valence-electron chi connectivity index (χ4n) is 2.44. The number of aromatic hydroxyl groups is 1. The van der Waals surface area contributed by atoms with E-state index in [9.17, 15) is 19.8 Å². The Kier molecular flexibility index (Phi) is 8.86. The zero-order chi connectivity index (χ0) is 17.9. The third kappa shape index (κ3) is 7.46. The summed E-state index contributed by atoms with van der Waals surface area (Å²) in [7, 11) is 0. The van der Waals surface area contributed by atoms with E-state index in [1.54, 1.807) is 12.1 Å². The van der Waals surface area contributed by atoms with Gasteiger partial charge in [-0.05, 0) is 43.1 Å². The molecular formula is C18H28N2O4. The molecule has 0 heterocycles. The van der Waals surface area contributed by atoms with E-state index in [2.05, 4.69) is 24.5 Å². The van der Waals surface area contributed by atoms with Crippen LogP contribution >= 0.6 is 0 Å². The maximum atomic E-state index is 12.0. The second kappa shape index (κ2) is 10.6. The number of hydrogen-bond acceptors (Lipinski definition) is 4. The Balaban J connectivity index is 2.50. The third-order valence-corrected chi connectivity index (χ3v) is 4.03. The molecule has 0 bridgehead atoms. The smallest absolute Gasteiger partial charge is 0.321 e. The molecule has 0 saturated carbocycles. The average molecular weight is 336 g/mol. The van der Waals surface area contributed by atoms with Crippen LogP contribution in [0.4, 0.5) is 5.69 Å². The number of carboxylic acids is 1. The van der Waals surface area contributed by atoms with Crippen LogP contribution in [0.2, 0.25) is 0 Å². The zero-order valence-corrected chi connectivity index (χ0v) is 14.4. The van der Waals surface area contributed by atoms with Crippen LogP contribution in [0.5, 0.6) is 5.75 Å². The Bertz CT molecular complexity index is 516. The summed E-state index contributed by atoms with van der Waals surface area (Å²) in [6.07, 6.45) is 4.15. The monoisotopic (exact) mass is 336 g/mol. The highest BCUT2D eigenvalue weighted by Crippen LogP contribution is 2.15. The standard InChI is InChI=1S/C18H28N2O4/c1-3-5-6-13(4-2)12-19-16(18(23)24)11-17(22)20-14-7-9-15(21)10-8-14/h7-10,13,16,19,21H,3-6,11-12H2,1-2H3,(H,20,22)(H,23,24). The van der Waals surface area contributed by atoms with Crippen molar-refractivity contribution in [1.29, 1.82) is 0 Å². The first-order valence-corrected chi connectivity index (χ1v) is 8.51. The summed E-state index contributed by atoms with van der Waals surface area (Å²) in [4.78, 5) is 23.4. The zero-order valence-electron chi connectivity index (χ0n) is 14.4. The van der Waals surface area contributed by atoms with E-state index in [0.29, 0.717) is 18.2 Å². The van der Waals surface area contributed by atoms with Gasteiger partial charge >= 0.3 is 5.97 Å². The van der Waals surface area contributed by atoms with Crippen LogP contribution in [0.25, 0.3) is 0 Å². The Morgan fingerprint density at radius 3 is 2.38 bits per heavy atom. The minimum atomic E-state index is -1.03. The molecule has 0 aliphatic rings. The highest BCUT2D eigenvalue weighted by Gasteiger charge is 2.22. The van der Waals surface area contributed by atoms with Gasteiger partial charge in [0, 0.05) is 5.69 Å². The molecule has 6 heteroatoms. The number of benzene rings is 1. The molecule has 4 N–H and O–H groups in total. The number of phenols is 1. The van der Waals surface area contributed by atoms with Gasteiger partial charge in [0.05, 0.1) is 6.42 Å². The molecule has 1 aromatic carbocycles. The van der Waals surface area contributed by atoms with E-state index in [4.69, 9.17) is 0 Å². The number of carbonyl (C=O) groups is 2. The summed E-state index contributed by atoms with van der Waals surface area (Å²) >= 11 is 0. The van der Waals surface area contributed by atoms with Crippen LogP contribution in [0.1, 0.15) is 46.0 Å². The lowest BCUT2D eigenvalue weighted by atomic mass is 9.99. The van der Waals surface area contributed by atoms with Crippen molar-refractivity contribution in [2.75, 3.05) is 11.9 Å². The van der Waals surface area contributed by atoms with E-state index in [0.717, 1.165) is 25.7 Å². The van der Waals surface area contributed by atoms with Gasteiger partial charge in [-0.15, -0.1) is 0 Å². The highest BCUT2D eigenvalue weighted by molar-refractivity contribution is 5.94. The summed E-state index contributed by atoms with van der Waals surface area (Å²) in [5, 5.41) is 24.2. The van der Waals surface area contributed by atoms with Crippen molar-refractivity contribution in [2.24, 2.45) is 5.92 Å². The van der Waals surface area contributed by atoms with Crippen molar-refractivity contribution in [3.05, 3.63) is 24.3 Å². The van der Waals surface area contributed by atoms with Crippen molar-refractivity contribution in [3.63, 3.8) is 0 Å². The van der Waals surface area contributed by atoms with Crippen LogP contribution in [-0.2, 0) is 9.59 Å². The number of carbonyl (C=O) groups excluding carboxylic acids is 1. The van der Waals surface area contributed by atoms with E-state index in [-0.39, 0.29) is 18.1 Å². The molecule has 0 radical (unpaired) electrons. The lowest BCUT2D eigenvalue weighted by Crippen LogP contribution is -2.41. The Morgan fingerprint density at radius 2 is 1.83 bits per heavy atom. The lowest BCUT2D eigenvalue weighted by Gasteiger charge is -2.19. The molecule has 0 fully saturated rings. The number of aliphatic carboxylic acids is 1. The molecule has 2 unspecified atom stereocenters. The molecule has 0 saturated heterocycles. The minimum absolute atomic E-state index is 0.107. The van der Waals surface area contributed by atoms with Gasteiger partial charge in [0.25, 0.3) is 0 Å². The highest BCUT2D eigenvalue weighted by atomic mass is 16.4. The van der Waals surface area contributed by atoms with Gasteiger partial charge < -0.3 is 20.8 Å². The summed E-state index contributed by atoms with van der Waals surface area (Å²) in [6.45, 7) is 4.82. The van der Waals surface area contributed by atoms with Crippen LogP contribution < -0.4 is 10.6 Å². The number of amides is 1. The van der Waals surface area contributed by atoms with Crippen LogP contribution in [0.15, 0.2) is 24.3 Å². The quantitative estimate of drug-likeness (QED) is 0.466. The summed E-state index contributed by atoms with van der Waals surface area (Å²) in [6, 6.07) is 5.14. The van der Waals surface area contributed by atoms with Crippen LogP contribution in [0, 0.1) is 5.92 Å². The molecule has 24 heavy (non-hydrogen) atoms. The van der Waals surface area contributed by atoms with Gasteiger partial charge in [0.1, 0.15) is 11.8 Å².